The van der Waals surface area contributed by atoms with Crippen LogP contribution in [0.15, 0.2) is 24.3 Å². The molecule has 0 aromatic heterocycles. The number of hydrogen-bond acceptors (Lipinski definition) is 2. The molecule has 1 fully saturated rings. The van der Waals surface area contributed by atoms with Gasteiger partial charge in [-0.1, -0.05) is 18.2 Å². The molecule has 1 aromatic carbocycles. The third-order valence-electron chi connectivity index (χ3n) is 4.92. The Balaban J connectivity index is 1.51. The van der Waals surface area contributed by atoms with Gasteiger partial charge in [-0.15, -0.1) is 0 Å². The van der Waals surface area contributed by atoms with Gasteiger partial charge in [0, 0.05) is 18.8 Å². The van der Waals surface area contributed by atoms with E-state index in [-0.39, 0.29) is 5.91 Å². The van der Waals surface area contributed by atoms with Crippen molar-refractivity contribution in [1.82, 2.24) is 0 Å². The number of carbonyl (C=O) groups is 1. The molecule has 2 aliphatic rings. The SMILES string of the molecule is CC[NH+](CCC(=O)N1CCc2ccccc21)C[C@@H]1CCCO1. The molecule has 1 unspecified atom stereocenters. The predicted octanol–water partition coefficient (Wildman–Crippen LogP) is 1.05. The first-order chi connectivity index (χ1) is 10.8. The summed E-state index contributed by atoms with van der Waals surface area (Å²) in [4.78, 5) is 16.0. The van der Waals surface area contributed by atoms with Crippen LogP contribution in [0.1, 0.15) is 31.7 Å². The van der Waals surface area contributed by atoms with Crippen LogP contribution < -0.4 is 9.80 Å². The number of ether oxygens (including phenoxy) is 1. The monoisotopic (exact) mass is 303 g/mol. The van der Waals surface area contributed by atoms with Gasteiger partial charge in [-0.2, -0.15) is 0 Å². The maximum atomic E-state index is 12.5. The third kappa shape index (κ3) is 3.50. The summed E-state index contributed by atoms with van der Waals surface area (Å²) in [6, 6.07) is 8.27. The Morgan fingerprint density at radius 3 is 3.05 bits per heavy atom. The van der Waals surface area contributed by atoms with Gasteiger partial charge in [0.05, 0.1) is 19.5 Å². The predicted molar refractivity (Wildman–Crippen MR) is 87.3 cm³/mol. The van der Waals surface area contributed by atoms with Crippen molar-refractivity contribution >= 4 is 11.6 Å². The molecule has 1 saturated heterocycles. The molecule has 4 nitrogen and oxygen atoms in total. The Bertz CT molecular complexity index is 512. The molecule has 0 saturated carbocycles. The number of carbonyl (C=O) groups excluding carboxylic acids is 1. The second kappa shape index (κ2) is 7.25. The normalized spacial score (nSPS) is 21.9. The summed E-state index contributed by atoms with van der Waals surface area (Å²) >= 11 is 0. The van der Waals surface area contributed by atoms with E-state index >= 15 is 0 Å². The fourth-order valence-electron chi connectivity index (χ4n) is 3.57. The topological polar surface area (TPSA) is 34.0 Å². The van der Waals surface area contributed by atoms with E-state index in [1.54, 1.807) is 0 Å². The molecule has 2 atom stereocenters. The molecule has 0 spiro atoms. The molecule has 1 aromatic rings. The van der Waals surface area contributed by atoms with Gasteiger partial charge in [-0.05, 0) is 37.8 Å². The lowest BCUT2D eigenvalue weighted by Crippen LogP contribution is -3.13. The molecular formula is C18H27N2O2+. The second-order valence-corrected chi connectivity index (χ2v) is 6.37. The van der Waals surface area contributed by atoms with E-state index in [1.165, 1.54) is 23.3 Å². The first kappa shape index (κ1) is 15.5. The Kier molecular flexibility index (Phi) is 5.11. The molecule has 2 heterocycles. The largest absolute Gasteiger partial charge is 0.372 e. The van der Waals surface area contributed by atoms with Gasteiger partial charge < -0.3 is 14.5 Å². The van der Waals surface area contributed by atoms with Crippen molar-refractivity contribution in [1.29, 1.82) is 0 Å². The minimum atomic E-state index is 0.267. The van der Waals surface area contributed by atoms with Gasteiger partial charge in [0.25, 0.3) is 0 Å². The average Bonchev–Trinajstić information content (AvgIpc) is 3.20. The van der Waals surface area contributed by atoms with Gasteiger partial charge in [0.2, 0.25) is 5.91 Å². The molecule has 2 aliphatic heterocycles. The molecule has 0 radical (unpaired) electrons. The Morgan fingerprint density at radius 1 is 1.41 bits per heavy atom. The number of rotatable bonds is 6. The van der Waals surface area contributed by atoms with E-state index in [0.29, 0.717) is 12.5 Å². The van der Waals surface area contributed by atoms with Crippen LogP contribution in [0.2, 0.25) is 0 Å². The summed E-state index contributed by atoms with van der Waals surface area (Å²) in [6.45, 7) is 6.95. The van der Waals surface area contributed by atoms with E-state index in [0.717, 1.165) is 44.9 Å². The quantitative estimate of drug-likeness (QED) is 0.852. The number of quaternary nitrogens is 1. The van der Waals surface area contributed by atoms with Crippen molar-refractivity contribution in [2.24, 2.45) is 0 Å². The summed E-state index contributed by atoms with van der Waals surface area (Å²) < 4.78 is 5.72. The van der Waals surface area contributed by atoms with Gasteiger partial charge in [-0.25, -0.2) is 0 Å². The standard InChI is InChI=1S/C18H26N2O2/c1-2-19(14-16-7-5-13-22-16)11-10-18(21)20-12-9-15-6-3-4-8-17(15)20/h3-4,6,8,16H,2,5,7,9-14H2,1H3/p+1/t16-/m0/s1. The van der Waals surface area contributed by atoms with Crippen molar-refractivity contribution in [2.75, 3.05) is 37.7 Å². The molecule has 120 valence electrons. The van der Waals surface area contributed by atoms with E-state index in [4.69, 9.17) is 4.74 Å². The lowest BCUT2D eigenvalue weighted by molar-refractivity contribution is -0.900. The maximum Gasteiger partial charge on any atom is 0.232 e. The molecule has 22 heavy (non-hydrogen) atoms. The van der Waals surface area contributed by atoms with E-state index in [2.05, 4.69) is 25.1 Å². The van der Waals surface area contributed by atoms with Crippen molar-refractivity contribution in [3.05, 3.63) is 29.8 Å². The summed E-state index contributed by atoms with van der Waals surface area (Å²) in [6.07, 6.45) is 4.38. The van der Waals surface area contributed by atoms with Gasteiger partial charge in [0.1, 0.15) is 12.6 Å². The lowest BCUT2D eigenvalue weighted by atomic mass is 10.2. The number of benzene rings is 1. The highest BCUT2D eigenvalue weighted by molar-refractivity contribution is 5.95. The zero-order chi connectivity index (χ0) is 15.4. The molecule has 1 amide bonds. The fraction of sp³-hybridized carbons (Fsp3) is 0.611. The fourth-order valence-corrected chi connectivity index (χ4v) is 3.57. The molecule has 0 aliphatic carbocycles. The number of fused-ring (bicyclic) bond motifs is 1. The highest BCUT2D eigenvalue weighted by atomic mass is 16.5. The molecule has 3 rings (SSSR count). The zero-order valence-corrected chi connectivity index (χ0v) is 13.5. The van der Waals surface area contributed by atoms with E-state index in [9.17, 15) is 4.79 Å². The van der Waals surface area contributed by atoms with Crippen LogP contribution in [0.3, 0.4) is 0 Å². The van der Waals surface area contributed by atoms with Crippen LogP contribution in [0, 0.1) is 0 Å². The van der Waals surface area contributed by atoms with Gasteiger partial charge in [-0.3, -0.25) is 4.79 Å². The van der Waals surface area contributed by atoms with Gasteiger partial charge in [0.15, 0.2) is 0 Å². The van der Waals surface area contributed by atoms with Crippen molar-refractivity contribution in [3.8, 4) is 0 Å². The molecule has 4 heteroatoms. The number of nitrogens with one attached hydrogen (secondary N) is 1. The Hall–Kier alpha value is -1.39. The van der Waals surface area contributed by atoms with Crippen molar-refractivity contribution in [2.45, 2.75) is 38.7 Å². The number of likely N-dealkylation sites (N-methyl/N-ethyl adjacent to an activating group) is 1. The maximum absolute atomic E-state index is 12.5. The zero-order valence-electron chi connectivity index (χ0n) is 13.5. The van der Waals surface area contributed by atoms with Crippen LogP contribution >= 0.6 is 0 Å². The highest BCUT2D eigenvalue weighted by Crippen LogP contribution is 2.27. The number of hydrogen-bond donors (Lipinski definition) is 1. The van der Waals surface area contributed by atoms with E-state index < -0.39 is 0 Å². The van der Waals surface area contributed by atoms with Crippen molar-refractivity contribution in [3.63, 3.8) is 0 Å². The summed E-state index contributed by atoms with van der Waals surface area (Å²) in [7, 11) is 0. The van der Waals surface area contributed by atoms with Gasteiger partial charge >= 0.3 is 0 Å². The summed E-state index contributed by atoms with van der Waals surface area (Å²) in [5.74, 6) is 0.267. The van der Waals surface area contributed by atoms with Crippen LogP contribution in [0.25, 0.3) is 0 Å². The first-order valence-electron chi connectivity index (χ1n) is 8.61. The van der Waals surface area contributed by atoms with Crippen LogP contribution in [-0.4, -0.2) is 44.8 Å². The molecule has 0 bridgehead atoms. The Morgan fingerprint density at radius 2 is 2.27 bits per heavy atom. The summed E-state index contributed by atoms with van der Waals surface area (Å²) in [5.41, 5.74) is 2.42. The highest BCUT2D eigenvalue weighted by Gasteiger charge is 2.26. The number of nitrogens with zero attached hydrogens (tertiary/aromatic N) is 1. The van der Waals surface area contributed by atoms with Crippen LogP contribution in [0.5, 0.6) is 0 Å². The van der Waals surface area contributed by atoms with E-state index in [1.807, 2.05) is 11.0 Å². The first-order valence-corrected chi connectivity index (χ1v) is 8.61. The number of amides is 1. The minimum Gasteiger partial charge on any atom is -0.372 e. The minimum absolute atomic E-state index is 0.267. The van der Waals surface area contributed by atoms with Crippen molar-refractivity contribution < 1.29 is 14.4 Å². The van der Waals surface area contributed by atoms with Crippen LogP contribution in [-0.2, 0) is 16.0 Å². The lowest BCUT2D eigenvalue weighted by Gasteiger charge is -2.22. The number of para-hydroxylation sites is 1. The average molecular weight is 303 g/mol. The number of anilines is 1. The smallest absolute Gasteiger partial charge is 0.232 e. The molecule has 1 N–H and O–H groups in total. The summed E-state index contributed by atoms with van der Waals surface area (Å²) in [5, 5.41) is 0. The second-order valence-electron chi connectivity index (χ2n) is 6.37. The third-order valence-corrected chi connectivity index (χ3v) is 4.92. The van der Waals surface area contributed by atoms with Crippen LogP contribution in [0.4, 0.5) is 5.69 Å². The Labute approximate surface area is 133 Å². The molecular weight excluding hydrogens is 276 g/mol.